The van der Waals surface area contributed by atoms with Crippen LogP contribution < -0.4 is 4.74 Å². The average Bonchev–Trinajstić information content (AvgIpc) is 3.25. The molecule has 0 spiro atoms. The van der Waals surface area contributed by atoms with Crippen LogP contribution >= 0.6 is 0 Å². The van der Waals surface area contributed by atoms with Gasteiger partial charge in [0.1, 0.15) is 12.4 Å². The maximum absolute atomic E-state index is 12.9. The van der Waals surface area contributed by atoms with Crippen LogP contribution in [-0.4, -0.2) is 37.2 Å². The summed E-state index contributed by atoms with van der Waals surface area (Å²) in [6.45, 7) is 1.90. The average molecular weight is 375 g/mol. The molecule has 4 rings (SSSR count). The fourth-order valence-electron chi connectivity index (χ4n) is 3.59. The van der Waals surface area contributed by atoms with Crippen LogP contribution in [-0.2, 0) is 11.3 Å². The predicted molar refractivity (Wildman–Crippen MR) is 111 cm³/mol. The first kappa shape index (κ1) is 18.5. The van der Waals surface area contributed by atoms with Crippen molar-refractivity contribution in [2.75, 3.05) is 20.3 Å². The molecule has 1 fully saturated rings. The van der Waals surface area contributed by atoms with Gasteiger partial charge in [-0.1, -0.05) is 42.5 Å². The van der Waals surface area contributed by atoms with Gasteiger partial charge < -0.3 is 14.4 Å². The number of nitrogens with zero attached hydrogens (tertiary/aromatic N) is 1. The third-order valence-electron chi connectivity index (χ3n) is 5.12. The van der Waals surface area contributed by atoms with Gasteiger partial charge in [-0.15, -0.1) is 0 Å². The summed E-state index contributed by atoms with van der Waals surface area (Å²) in [5, 5.41) is 2.39. The second kappa shape index (κ2) is 8.44. The number of ether oxygens (including phenoxy) is 2. The summed E-state index contributed by atoms with van der Waals surface area (Å²) in [7, 11) is 1.83. The molecule has 0 aliphatic carbocycles. The van der Waals surface area contributed by atoms with Crippen molar-refractivity contribution >= 4 is 16.7 Å². The first-order valence-electron chi connectivity index (χ1n) is 9.77. The van der Waals surface area contributed by atoms with Gasteiger partial charge in [0.25, 0.3) is 5.91 Å². The number of rotatable bonds is 6. The zero-order valence-electron chi connectivity index (χ0n) is 16.1. The highest BCUT2D eigenvalue weighted by Gasteiger charge is 2.17. The van der Waals surface area contributed by atoms with Crippen molar-refractivity contribution < 1.29 is 14.3 Å². The van der Waals surface area contributed by atoms with Gasteiger partial charge in [0, 0.05) is 25.8 Å². The summed E-state index contributed by atoms with van der Waals surface area (Å²) in [6.07, 6.45) is 2.29. The van der Waals surface area contributed by atoms with Crippen molar-refractivity contribution in [1.82, 2.24) is 4.90 Å². The van der Waals surface area contributed by atoms with Crippen molar-refractivity contribution in [3.63, 3.8) is 0 Å². The molecule has 4 heteroatoms. The van der Waals surface area contributed by atoms with Crippen LogP contribution in [0, 0.1) is 0 Å². The minimum absolute atomic E-state index is 0.0178. The topological polar surface area (TPSA) is 38.8 Å². The lowest BCUT2D eigenvalue weighted by molar-refractivity contribution is 0.0678. The smallest absolute Gasteiger partial charge is 0.254 e. The van der Waals surface area contributed by atoms with Crippen molar-refractivity contribution in [2.24, 2.45) is 0 Å². The fourth-order valence-corrected chi connectivity index (χ4v) is 3.59. The van der Waals surface area contributed by atoms with Crippen LogP contribution in [0.25, 0.3) is 10.8 Å². The van der Waals surface area contributed by atoms with E-state index in [0.29, 0.717) is 24.5 Å². The van der Waals surface area contributed by atoms with E-state index in [2.05, 4.69) is 30.3 Å². The molecule has 3 aromatic carbocycles. The van der Waals surface area contributed by atoms with E-state index in [1.54, 1.807) is 4.90 Å². The third-order valence-corrected chi connectivity index (χ3v) is 5.12. The monoisotopic (exact) mass is 375 g/mol. The Morgan fingerprint density at radius 1 is 1.07 bits per heavy atom. The molecule has 28 heavy (non-hydrogen) atoms. The Kier molecular flexibility index (Phi) is 5.58. The number of hydrogen-bond donors (Lipinski definition) is 0. The maximum Gasteiger partial charge on any atom is 0.254 e. The van der Waals surface area contributed by atoms with Gasteiger partial charge in [-0.3, -0.25) is 4.79 Å². The number of carbonyl (C=O) groups is 1. The van der Waals surface area contributed by atoms with E-state index in [9.17, 15) is 4.79 Å². The second-order valence-corrected chi connectivity index (χ2v) is 7.32. The molecule has 1 aliphatic rings. The minimum atomic E-state index is -0.0178. The van der Waals surface area contributed by atoms with E-state index >= 15 is 0 Å². The number of fused-ring (bicyclic) bond motifs is 1. The Bertz CT molecular complexity index is 963. The van der Waals surface area contributed by atoms with Crippen molar-refractivity contribution in [3.8, 4) is 5.75 Å². The highest BCUT2D eigenvalue weighted by Crippen LogP contribution is 2.20. The third kappa shape index (κ3) is 4.34. The molecule has 0 saturated carbocycles. The molecule has 0 N–H and O–H groups in total. The van der Waals surface area contributed by atoms with Crippen LogP contribution in [0.2, 0.25) is 0 Å². The van der Waals surface area contributed by atoms with E-state index in [1.807, 2.05) is 43.4 Å². The molecule has 144 valence electrons. The first-order valence-corrected chi connectivity index (χ1v) is 9.77. The highest BCUT2D eigenvalue weighted by molar-refractivity contribution is 5.94. The van der Waals surface area contributed by atoms with E-state index < -0.39 is 0 Å². The van der Waals surface area contributed by atoms with Crippen LogP contribution in [0.15, 0.2) is 66.7 Å². The largest absolute Gasteiger partial charge is 0.491 e. The van der Waals surface area contributed by atoms with Crippen LogP contribution in [0.5, 0.6) is 5.75 Å². The van der Waals surface area contributed by atoms with Gasteiger partial charge in [0.2, 0.25) is 0 Å². The lowest BCUT2D eigenvalue weighted by atomic mass is 10.1. The van der Waals surface area contributed by atoms with E-state index in [1.165, 1.54) is 10.8 Å². The van der Waals surface area contributed by atoms with Crippen molar-refractivity contribution in [2.45, 2.75) is 25.5 Å². The van der Waals surface area contributed by atoms with Crippen LogP contribution in [0.1, 0.15) is 28.8 Å². The molecule has 0 bridgehead atoms. The summed E-state index contributed by atoms with van der Waals surface area (Å²) >= 11 is 0. The number of carbonyl (C=O) groups excluding carboxylic acids is 1. The summed E-state index contributed by atoms with van der Waals surface area (Å²) in [5.41, 5.74) is 1.74. The normalized spacial score (nSPS) is 16.2. The molecule has 0 aromatic heterocycles. The first-order chi connectivity index (χ1) is 13.7. The highest BCUT2D eigenvalue weighted by atomic mass is 16.5. The predicted octanol–water partition coefficient (Wildman–Crippen LogP) is 4.67. The molecular weight excluding hydrogens is 350 g/mol. The molecule has 1 amide bonds. The summed E-state index contributed by atoms with van der Waals surface area (Å²) in [6, 6.07) is 22.0. The molecule has 1 heterocycles. The summed E-state index contributed by atoms with van der Waals surface area (Å²) in [5.74, 6) is 0.691. The molecular formula is C24H25NO3. The molecule has 1 aliphatic heterocycles. The molecule has 3 aromatic rings. The van der Waals surface area contributed by atoms with Gasteiger partial charge in [0.05, 0.1) is 6.10 Å². The van der Waals surface area contributed by atoms with Gasteiger partial charge in [-0.2, -0.15) is 0 Å². The Hall–Kier alpha value is -2.85. The Labute approximate surface area is 165 Å². The quantitative estimate of drug-likeness (QED) is 0.628. The standard InChI is InChI=1S/C24H25NO3/c1-25(16-18-11-12-19-6-2-3-7-20(19)14-18)24(26)21-8-4-9-22(15-21)28-17-23-10-5-13-27-23/h2-4,6-9,11-12,14-15,23H,5,10,13,16-17H2,1H3. The second-order valence-electron chi connectivity index (χ2n) is 7.32. The SMILES string of the molecule is CN(Cc1ccc2ccccc2c1)C(=O)c1cccc(OCC2CCCO2)c1. The maximum atomic E-state index is 12.9. The summed E-state index contributed by atoms with van der Waals surface area (Å²) in [4.78, 5) is 14.6. The zero-order chi connectivity index (χ0) is 19.3. The van der Waals surface area contributed by atoms with E-state index in [0.717, 1.165) is 25.0 Å². The lowest BCUT2D eigenvalue weighted by Gasteiger charge is -2.18. The number of benzene rings is 3. The van der Waals surface area contributed by atoms with E-state index in [-0.39, 0.29) is 12.0 Å². The minimum Gasteiger partial charge on any atom is -0.491 e. The molecule has 1 atom stereocenters. The summed E-state index contributed by atoms with van der Waals surface area (Å²) < 4.78 is 11.4. The molecule has 4 nitrogen and oxygen atoms in total. The number of hydrogen-bond acceptors (Lipinski definition) is 3. The molecule has 0 radical (unpaired) electrons. The molecule has 1 unspecified atom stereocenters. The van der Waals surface area contributed by atoms with Crippen molar-refractivity contribution in [1.29, 1.82) is 0 Å². The fraction of sp³-hybridized carbons (Fsp3) is 0.292. The van der Waals surface area contributed by atoms with Crippen LogP contribution in [0.3, 0.4) is 0 Å². The van der Waals surface area contributed by atoms with Gasteiger partial charge in [0.15, 0.2) is 0 Å². The Balaban J connectivity index is 1.41. The van der Waals surface area contributed by atoms with Crippen LogP contribution in [0.4, 0.5) is 0 Å². The Morgan fingerprint density at radius 2 is 1.93 bits per heavy atom. The molecule has 1 saturated heterocycles. The van der Waals surface area contributed by atoms with Gasteiger partial charge in [-0.05, 0) is 53.4 Å². The number of amides is 1. The zero-order valence-corrected chi connectivity index (χ0v) is 16.1. The lowest BCUT2D eigenvalue weighted by Crippen LogP contribution is -2.26. The van der Waals surface area contributed by atoms with E-state index in [4.69, 9.17) is 9.47 Å². The van der Waals surface area contributed by atoms with Gasteiger partial charge >= 0.3 is 0 Å². The van der Waals surface area contributed by atoms with Gasteiger partial charge in [-0.25, -0.2) is 0 Å². The van der Waals surface area contributed by atoms with Crippen molar-refractivity contribution in [3.05, 3.63) is 77.9 Å². The Morgan fingerprint density at radius 3 is 2.75 bits per heavy atom.